The highest BCUT2D eigenvalue weighted by molar-refractivity contribution is 7.89. The fraction of sp³-hybridized carbons (Fsp3) is 0.0833. The normalized spacial score (nSPS) is 11.3. The van der Waals surface area contributed by atoms with E-state index >= 15 is 0 Å². The van der Waals surface area contributed by atoms with Gasteiger partial charge < -0.3 is 0 Å². The minimum Gasteiger partial charge on any atom is -0.298 e. The number of thiophene rings is 1. The first kappa shape index (κ1) is 12.9. The van der Waals surface area contributed by atoms with E-state index in [-0.39, 0.29) is 11.4 Å². The van der Waals surface area contributed by atoms with Gasteiger partial charge in [0.05, 0.1) is 4.90 Å². The average Bonchev–Trinajstić information content (AvgIpc) is 2.90. The molecule has 0 aliphatic heterocycles. The lowest BCUT2D eigenvalue weighted by molar-refractivity contribution is 0.112. The number of sulfonamides is 1. The number of hydrogen-bond donors (Lipinski definition) is 1. The Labute approximate surface area is 109 Å². The van der Waals surface area contributed by atoms with Gasteiger partial charge in [0.15, 0.2) is 0 Å². The van der Waals surface area contributed by atoms with Gasteiger partial charge in [-0.15, -0.1) is 11.3 Å². The van der Waals surface area contributed by atoms with Crippen LogP contribution in [0.5, 0.6) is 0 Å². The lowest BCUT2D eigenvalue weighted by Gasteiger charge is -2.05. The number of carbonyl (C=O) groups excluding carboxylic acids is 1. The molecule has 0 aliphatic carbocycles. The highest BCUT2D eigenvalue weighted by Crippen LogP contribution is 2.12. The highest BCUT2D eigenvalue weighted by atomic mass is 32.2. The van der Waals surface area contributed by atoms with Crippen molar-refractivity contribution >= 4 is 27.6 Å². The Bertz CT molecular complexity index is 616. The van der Waals surface area contributed by atoms with E-state index in [4.69, 9.17) is 0 Å². The summed E-state index contributed by atoms with van der Waals surface area (Å²) >= 11 is 1.49. The summed E-state index contributed by atoms with van der Waals surface area (Å²) in [4.78, 5) is 11.6. The zero-order chi connectivity index (χ0) is 13.0. The second-order valence-electron chi connectivity index (χ2n) is 3.59. The molecule has 0 unspecified atom stereocenters. The number of aldehydes is 1. The molecule has 1 N–H and O–H groups in total. The summed E-state index contributed by atoms with van der Waals surface area (Å²) < 4.78 is 26.4. The van der Waals surface area contributed by atoms with Gasteiger partial charge >= 0.3 is 0 Å². The van der Waals surface area contributed by atoms with Gasteiger partial charge in [0, 0.05) is 17.0 Å². The van der Waals surface area contributed by atoms with Crippen LogP contribution in [-0.4, -0.2) is 14.7 Å². The largest absolute Gasteiger partial charge is 0.298 e. The highest BCUT2D eigenvalue weighted by Gasteiger charge is 2.13. The van der Waals surface area contributed by atoms with Crippen LogP contribution in [0, 0.1) is 0 Å². The molecule has 94 valence electrons. The molecule has 0 bridgehead atoms. The van der Waals surface area contributed by atoms with E-state index in [1.165, 1.54) is 35.6 Å². The fourth-order valence-corrected chi connectivity index (χ4v) is 3.13. The van der Waals surface area contributed by atoms with Crippen LogP contribution in [0.4, 0.5) is 0 Å². The van der Waals surface area contributed by atoms with Gasteiger partial charge in [-0.05, 0) is 23.6 Å². The van der Waals surface area contributed by atoms with E-state index in [0.29, 0.717) is 11.8 Å². The molecule has 1 heterocycles. The van der Waals surface area contributed by atoms with E-state index in [0.717, 1.165) is 4.88 Å². The van der Waals surface area contributed by atoms with Gasteiger partial charge in [0.1, 0.15) is 6.29 Å². The molecule has 6 heteroatoms. The molecule has 2 rings (SSSR count). The number of carbonyl (C=O) groups is 1. The molecule has 0 spiro atoms. The summed E-state index contributed by atoms with van der Waals surface area (Å²) in [5.74, 6) is 0. The lowest BCUT2D eigenvalue weighted by atomic mass is 10.2. The molecule has 4 nitrogen and oxygen atoms in total. The van der Waals surface area contributed by atoms with Gasteiger partial charge in [0.2, 0.25) is 10.0 Å². The molecular formula is C12H11NO3S2. The molecule has 0 fully saturated rings. The van der Waals surface area contributed by atoms with E-state index in [1.807, 2.05) is 17.5 Å². The van der Waals surface area contributed by atoms with Gasteiger partial charge in [-0.2, -0.15) is 0 Å². The maximum absolute atomic E-state index is 11.9. The Morgan fingerprint density at radius 1 is 1.17 bits per heavy atom. The van der Waals surface area contributed by atoms with E-state index in [1.54, 1.807) is 0 Å². The van der Waals surface area contributed by atoms with Gasteiger partial charge in [0.25, 0.3) is 0 Å². The Kier molecular flexibility index (Phi) is 3.90. The second kappa shape index (κ2) is 5.43. The molecule has 0 aliphatic rings. The quantitative estimate of drug-likeness (QED) is 0.853. The zero-order valence-corrected chi connectivity index (χ0v) is 11.0. The van der Waals surface area contributed by atoms with Crippen LogP contribution in [0.3, 0.4) is 0 Å². The smallest absolute Gasteiger partial charge is 0.240 e. The van der Waals surface area contributed by atoms with Crippen molar-refractivity contribution in [3.05, 3.63) is 52.2 Å². The minimum atomic E-state index is -3.52. The summed E-state index contributed by atoms with van der Waals surface area (Å²) in [5.41, 5.74) is 0.451. The van der Waals surface area contributed by atoms with Crippen LogP contribution in [0.2, 0.25) is 0 Å². The van der Waals surface area contributed by atoms with Gasteiger partial charge in [-0.3, -0.25) is 4.79 Å². The zero-order valence-electron chi connectivity index (χ0n) is 9.37. The molecule has 0 saturated carbocycles. The molecule has 1 aromatic heterocycles. The van der Waals surface area contributed by atoms with Crippen molar-refractivity contribution in [1.29, 1.82) is 0 Å². The van der Waals surface area contributed by atoms with Crippen molar-refractivity contribution < 1.29 is 13.2 Å². The minimum absolute atomic E-state index is 0.157. The second-order valence-corrected chi connectivity index (χ2v) is 6.39. The fourth-order valence-electron chi connectivity index (χ4n) is 1.39. The molecule has 1 aromatic carbocycles. The third-order valence-corrected chi connectivity index (χ3v) is 4.64. The molecule has 0 saturated heterocycles. The summed E-state index contributed by atoms with van der Waals surface area (Å²) in [6, 6.07) is 9.52. The van der Waals surface area contributed by atoms with Crippen LogP contribution in [0.25, 0.3) is 0 Å². The Morgan fingerprint density at radius 2 is 1.89 bits per heavy atom. The Hall–Kier alpha value is -1.50. The van der Waals surface area contributed by atoms with Crippen molar-refractivity contribution in [2.75, 3.05) is 0 Å². The predicted octanol–water partition coefficient (Wildman–Crippen LogP) is 2.04. The summed E-state index contributed by atoms with van der Waals surface area (Å²) in [6.45, 7) is 0.273. The van der Waals surface area contributed by atoms with Gasteiger partial charge in [-0.25, -0.2) is 13.1 Å². The first-order valence-corrected chi connectivity index (χ1v) is 7.55. The monoisotopic (exact) mass is 281 g/mol. The predicted molar refractivity (Wildman–Crippen MR) is 70.2 cm³/mol. The SMILES string of the molecule is O=Cc1ccc(S(=O)(=O)NCc2cccs2)cc1. The first-order valence-electron chi connectivity index (χ1n) is 5.19. The maximum atomic E-state index is 11.9. The Morgan fingerprint density at radius 3 is 2.44 bits per heavy atom. The molecular weight excluding hydrogens is 270 g/mol. The van der Waals surface area contributed by atoms with E-state index in [9.17, 15) is 13.2 Å². The number of benzene rings is 1. The van der Waals surface area contributed by atoms with Crippen LogP contribution < -0.4 is 4.72 Å². The number of nitrogens with one attached hydrogen (secondary N) is 1. The van der Waals surface area contributed by atoms with Crippen LogP contribution in [0.15, 0.2) is 46.7 Å². The number of hydrogen-bond acceptors (Lipinski definition) is 4. The van der Waals surface area contributed by atoms with Gasteiger partial charge in [-0.1, -0.05) is 18.2 Å². The summed E-state index contributed by atoms with van der Waals surface area (Å²) in [6.07, 6.45) is 0.676. The third-order valence-electron chi connectivity index (χ3n) is 2.34. The average molecular weight is 281 g/mol. The van der Waals surface area contributed by atoms with Crippen molar-refractivity contribution in [3.8, 4) is 0 Å². The lowest BCUT2D eigenvalue weighted by Crippen LogP contribution is -2.22. The Balaban J connectivity index is 2.12. The van der Waals surface area contributed by atoms with Crippen LogP contribution >= 0.6 is 11.3 Å². The molecule has 2 aromatic rings. The first-order chi connectivity index (χ1) is 8.62. The van der Waals surface area contributed by atoms with Crippen molar-refractivity contribution in [2.45, 2.75) is 11.4 Å². The summed E-state index contributed by atoms with van der Waals surface area (Å²) in [7, 11) is -3.52. The molecule has 0 amide bonds. The molecule has 0 atom stereocenters. The van der Waals surface area contributed by atoms with Crippen molar-refractivity contribution in [2.24, 2.45) is 0 Å². The van der Waals surface area contributed by atoms with Crippen molar-refractivity contribution in [3.63, 3.8) is 0 Å². The van der Waals surface area contributed by atoms with Crippen LogP contribution in [-0.2, 0) is 16.6 Å². The van der Waals surface area contributed by atoms with Crippen molar-refractivity contribution in [1.82, 2.24) is 4.72 Å². The van der Waals surface area contributed by atoms with E-state index in [2.05, 4.69) is 4.72 Å². The maximum Gasteiger partial charge on any atom is 0.240 e. The molecule has 18 heavy (non-hydrogen) atoms. The topological polar surface area (TPSA) is 63.2 Å². The summed E-state index contributed by atoms with van der Waals surface area (Å²) in [5, 5.41) is 1.89. The van der Waals surface area contributed by atoms with E-state index < -0.39 is 10.0 Å². The standard InChI is InChI=1S/C12H11NO3S2/c14-9-10-3-5-12(6-4-10)18(15,16)13-8-11-2-1-7-17-11/h1-7,9,13H,8H2. The third kappa shape index (κ3) is 3.04. The number of rotatable bonds is 5. The molecule has 0 radical (unpaired) electrons. The van der Waals surface area contributed by atoms with Crippen LogP contribution in [0.1, 0.15) is 15.2 Å².